The average molecular weight is 275 g/mol. The number of rotatable bonds is 6. The molecule has 2 N–H and O–H groups in total. The summed E-state index contributed by atoms with van der Waals surface area (Å²) in [5, 5.41) is 2.98. The van der Waals surface area contributed by atoms with Crippen molar-refractivity contribution in [2.45, 2.75) is 38.4 Å². The van der Waals surface area contributed by atoms with Crippen LogP contribution in [0.1, 0.15) is 50.1 Å². The molecule has 0 aliphatic heterocycles. The molecule has 2 unspecified atom stereocenters. The molecule has 0 bridgehead atoms. The molecule has 18 heavy (non-hydrogen) atoms. The molecule has 0 aromatic carbocycles. The van der Waals surface area contributed by atoms with E-state index in [9.17, 15) is 8.42 Å². The Bertz CT molecular complexity index is 481. The van der Waals surface area contributed by atoms with Crippen LogP contribution in [0.2, 0.25) is 0 Å². The third kappa shape index (κ3) is 3.78. The summed E-state index contributed by atoms with van der Waals surface area (Å²) in [5.41, 5.74) is 5.68. The Kier molecular flexibility index (Phi) is 4.86. The number of hydrogen-bond acceptors (Lipinski definition) is 6. The Morgan fingerprint density at radius 2 is 1.94 bits per heavy atom. The van der Waals surface area contributed by atoms with Crippen molar-refractivity contribution >= 4 is 9.84 Å². The maximum atomic E-state index is 11.4. The van der Waals surface area contributed by atoms with Gasteiger partial charge in [-0.3, -0.25) is 0 Å². The van der Waals surface area contributed by atoms with Gasteiger partial charge in [-0.25, -0.2) is 8.42 Å². The monoisotopic (exact) mass is 275 g/mol. The molecule has 104 valence electrons. The van der Waals surface area contributed by atoms with Gasteiger partial charge in [-0.15, -0.1) is 0 Å². The van der Waals surface area contributed by atoms with Gasteiger partial charge in [0, 0.05) is 12.8 Å². The number of aromatic nitrogens is 2. The molecule has 7 heteroatoms. The lowest BCUT2D eigenvalue weighted by Gasteiger charge is -2.12. The van der Waals surface area contributed by atoms with Crippen molar-refractivity contribution in [3.8, 4) is 0 Å². The molecule has 1 heterocycles. The first-order valence-electron chi connectivity index (χ1n) is 5.98. The highest BCUT2D eigenvalue weighted by molar-refractivity contribution is 7.90. The van der Waals surface area contributed by atoms with Gasteiger partial charge in [0.2, 0.25) is 5.89 Å². The van der Waals surface area contributed by atoms with Gasteiger partial charge in [-0.2, -0.15) is 4.98 Å². The summed E-state index contributed by atoms with van der Waals surface area (Å²) in [5.74, 6) is 1.07. The SMILES string of the molecule is CC(C)CC(CN)c1nc(C(C)S(C)(=O)=O)no1. The summed E-state index contributed by atoms with van der Waals surface area (Å²) >= 11 is 0. The fourth-order valence-electron chi connectivity index (χ4n) is 1.64. The molecule has 2 atom stereocenters. The minimum Gasteiger partial charge on any atom is -0.339 e. The van der Waals surface area contributed by atoms with Crippen LogP contribution in [0.15, 0.2) is 4.52 Å². The van der Waals surface area contributed by atoms with Gasteiger partial charge in [0.25, 0.3) is 0 Å². The zero-order valence-corrected chi connectivity index (χ0v) is 12.1. The van der Waals surface area contributed by atoms with Crippen molar-refractivity contribution < 1.29 is 12.9 Å². The topological polar surface area (TPSA) is 99.1 Å². The Labute approximate surface area is 108 Å². The van der Waals surface area contributed by atoms with Gasteiger partial charge in [-0.05, 0) is 19.3 Å². The lowest BCUT2D eigenvalue weighted by atomic mass is 9.97. The molecule has 0 saturated heterocycles. The number of nitrogens with two attached hydrogens (primary N) is 1. The maximum absolute atomic E-state index is 11.4. The Morgan fingerprint density at radius 1 is 1.33 bits per heavy atom. The molecule has 0 fully saturated rings. The van der Waals surface area contributed by atoms with Crippen molar-refractivity contribution in [3.63, 3.8) is 0 Å². The van der Waals surface area contributed by atoms with Crippen LogP contribution in [0.4, 0.5) is 0 Å². The van der Waals surface area contributed by atoms with Gasteiger partial charge in [0.15, 0.2) is 15.7 Å². The molecule has 0 aliphatic carbocycles. The van der Waals surface area contributed by atoms with E-state index in [2.05, 4.69) is 24.0 Å². The number of nitrogens with zero attached hydrogens (tertiary/aromatic N) is 2. The van der Waals surface area contributed by atoms with Gasteiger partial charge >= 0.3 is 0 Å². The van der Waals surface area contributed by atoms with E-state index < -0.39 is 15.1 Å². The molecule has 0 saturated carbocycles. The number of hydrogen-bond donors (Lipinski definition) is 1. The lowest BCUT2D eigenvalue weighted by molar-refractivity contribution is 0.331. The van der Waals surface area contributed by atoms with Crippen molar-refractivity contribution in [1.82, 2.24) is 10.1 Å². The minimum atomic E-state index is -3.21. The third-order valence-electron chi connectivity index (χ3n) is 2.85. The van der Waals surface area contributed by atoms with Crippen LogP contribution in [0.3, 0.4) is 0 Å². The van der Waals surface area contributed by atoms with Gasteiger partial charge < -0.3 is 10.3 Å². The van der Waals surface area contributed by atoms with E-state index in [-0.39, 0.29) is 11.7 Å². The largest absolute Gasteiger partial charge is 0.339 e. The van der Waals surface area contributed by atoms with E-state index in [1.54, 1.807) is 6.92 Å². The highest BCUT2D eigenvalue weighted by Crippen LogP contribution is 2.24. The quantitative estimate of drug-likeness (QED) is 0.839. The first kappa shape index (κ1) is 15.1. The normalized spacial score (nSPS) is 15.9. The first-order chi connectivity index (χ1) is 8.25. The Morgan fingerprint density at radius 3 is 2.39 bits per heavy atom. The minimum absolute atomic E-state index is 0.0157. The Balaban J connectivity index is 2.91. The standard InChI is InChI=1S/C11H21N3O3S/c1-7(2)5-9(6-12)11-13-10(14-17-11)8(3)18(4,15)16/h7-9H,5-6,12H2,1-4H3. The van der Waals surface area contributed by atoms with Gasteiger partial charge in [-0.1, -0.05) is 19.0 Å². The van der Waals surface area contributed by atoms with Crippen LogP contribution in [0.25, 0.3) is 0 Å². The molecular formula is C11H21N3O3S. The molecule has 6 nitrogen and oxygen atoms in total. The molecule has 1 rings (SSSR count). The van der Waals surface area contributed by atoms with Crippen molar-refractivity contribution in [1.29, 1.82) is 0 Å². The summed E-state index contributed by atoms with van der Waals surface area (Å²) < 4.78 is 28.0. The summed E-state index contributed by atoms with van der Waals surface area (Å²) in [6.45, 7) is 6.12. The van der Waals surface area contributed by atoms with Crippen LogP contribution in [0, 0.1) is 5.92 Å². The average Bonchev–Trinajstić information content (AvgIpc) is 2.72. The molecule has 0 aliphatic rings. The van der Waals surface area contributed by atoms with E-state index in [0.29, 0.717) is 18.4 Å². The predicted molar refractivity (Wildman–Crippen MR) is 68.8 cm³/mol. The summed E-state index contributed by atoms with van der Waals surface area (Å²) in [7, 11) is -3.21. The summed E-state index contributed by atoms with van der Waals surface area (Å²) in [6.07, 6.45) is 1.99. The van der Waals surface area contributed by atoms with Crippen molar-refractivity contribution in [2.75, 3.05) is 12.8 Å². The van der Waals surface area contributed by atoms with Crippen LogP contribution in [0.5, 0.6) is 0 Å². The first-order valence-corrected chi connectivity index (χ1v) is 7.93. The third-order valence-corrected chi connectivity index (χ3v) is 4.35. The zero-order valence-electron chi connectivity index (χ0n) is 11.3. The van der Waals surface area contributed by atoms with Crippen molar-refractivity contribution in [3.05, 3.63) is 11.7 Å². The van der Waals surface area contributed by atoms with Crippen LogP contribution in [-0.4, -0.2) is 31.4 Å². The van der Waals surface area contributed by atoms with E-state index in [4.69, 9.17) is 10.3 Å². The Hall–Kier alpha value is -0.950. The van der Waals surface area contributed by atoms with Crippen LogP contribution in [-0.2, 0) is 9.84 Å². The molecule has 1 aromatic rings. The second-order valence-electron chi connectivity index (χ2n) is 5.02. The number of sulfone groups is 1. The second kappa shape index (κ2) is 5.79. The van der Waals surface area contributed by atoms with Crippen LogP contribution < -0.4 is 5.73 Å². The molecule has 0 spiro atoms. The summed E-state index contributed by atoms with van der Waals surface area (Å²) in [6, 6.07) is 0. The maximum Gasteiger partial charge on any atom is 0.231 e. The lowest BCUT2D eigenvalue weighted by Crippen LogP contribution is -2.15. The smallest absolute Gasteiger partial charge is 0.231 e. The second-order valence-corrected chi connectivity index (χ2v) is 7.39. The predicted octanol–water partition coefficient (Wildman–Crippen LogP) is 1.26. The highest BCUT2D eigenvalue weighted by atomic mass is 32.2. The van der Waals surface area contributed by atoms with Gasteiger partial charge in [0.05, 0.1) is 5.92 Å². The molecule has 0 amide bonds. The fourth-order valence-corrected chi connectivity index (χ4v) is 2.12. The molecular weight excluding hydrogens is 254 g/mol. The van der Waals surface area contributed by atoms with Crippen LogP contribution >= 0.6 is 0 Å². The van der Waals surface area contributed by atoms with E-state index in [1.165, 1.54) is 0 Å². The molecule has 0 radical (unpaired) electrons. The van der Waals surface area contributed by atoms with E-state index in [0.717, 1.165) is 12.7 Å². The fraction of sp³-hybridized carbons (Fsp3) is 0.818. The van der Waals surface area contributed by atoms with E-state index >= 15 is 0 Å². The summed E-state index contributed by atoms with van der Waals surface area (Å²) in [4.78, 5) is 4.16. The van der Waals surface area contributed by atoms with Crippen molar-refractivity contribution in [2.24, 2.45) is 11.7 Å². The highest BCUT2D eigenvalue weighted by Gasteiger charge is 2.25. The molecule has 1 aromatic heterocycles. The van der Waals surface area contributed by atoms with E-state index in [1.807, 2.05) is 0 Å². The van der Waals surface area contributed by atoms with Gasteiger partial charge in [0.1, 0.15) is 5.25 Å². The zero-order chi connectivity index (χ0) is 13.9.